The third-order valence-electron chi connectivity index (χ3n) is 3.10. The fourth-order valence-corrected chi connectivity index (χ4v) is 2.29. The Balaban J connectivity index is 1.92. The van der Waals surface area contributed by atoms with Gasteiger partial charge < -0.3 is 14.8 Å². The molecule has 0 aromatic carbocycles. The van der Waals surface area contributed by atoms with Crippen molar-refractivity contribution in [3.8, 4) is 5.88 Å². The van der Waals surface area contributed by atoms with Gasteiger partial charge in [0.15, 0.2) is 0 Å². The van der Waals surface area contributed by atoms with E-state index < -0.39 is 0 Å². The van der Waals surface area contributed by atoms with Gasteiger partial charge in [-0.3, -0.25) is 0 Å². The Hall–Kier alpha value is -1.29. The molecule has 0 bridgehead atoms. The van der Waals surface area contributed by atoms with Gasteiger partial charge in [-0.05, 0) is 39.7 Å². The van der Waals surface area contributed by atoms with Crippen LogP contribution >= 0.6 is 0 Å². The smallest absolute Gasteiger partial charge is 0.213 e. The third kappa shape index (κ3) is 3.60. The molecule has 2 heterocycles. The highest BCUT2D eigenvalue weighted by Crippen LogP contribution is 2.26. The number of hydrogen-bond acceptors (Lipinski definition) is 4. The molecule has 1 aromatic rings. The fraction of sp³-hybridized carbons (Fsp3) is 0.643. The van der Waals surface area contributed by atoms with E-state index in [1.165, 1.54) is 0 Å². The Morgan fingerprint density at radius 2 is 2.33 bits per heavy atom. The maximum atomic E-state index is 5.71. The lowest BCUT2D eigenvalue weighted by atomic mass is 9.94. The standard InChI is InChI=1S/C14H22N2O2/c1-4-17-13-6-5-12(10-15-13)16-11-7-8-18-14(2,3)9-11/h5-6,10-11,16H,4,7-9H2,1-3H3. The summed E-state index contributed by atoms with van der Waals surface area (Å²) in [5.41, 5.74) is 1.01. The molecular weight excluding hydrogens is 228 g/mol. The molecule has 1 atom stereocenters. The summed E-state index contributed by atoms with van der Waals surface area (Å²) in [6.45, 7) is 7.69. The molecular formula is C14H22N2O2. The van der Waals surface area contributed by atoms with Crippen LogP contribution in [-0.4, -0.2) is 29.8 Å². The molecule has 100 valence electrons. The van der Waals surface area contributed by atoms with Crippen molar-refractivity contribution in [3.05, 3.63) is 18.3 Å². The van der Waals surface area contributed by atoms with Crippen LogP contribution in [0.4, 0.5) is 5.69 Å². The van der Waals surface area contributed by atoms with E-state index in [4.69, 9.17) is 9.47 Å². The number of nitrogens with one attached hydrogen (secondary N) is 1. The molecule has 1 saturated heterocycles. The van der Waals surface area contributed by atoms with Crippen LogP contribution < -0.4 is 10.1 Å². The van der Waals surface area contributed by atoms with E-state index in [2.05, 4.69) is 24.1 Å². The topological polar surface area (TPSA) is 43.4 Å². The summed E-state index contributed by atoms with van der Waals surface area (Å²) >= 11 is 0. The fourth-order valence-electron chi connectivity index (χ4n) is 2.29. The molecule has 0 amide bonds. The Morgan fingerprint density at radius 1 is 1.50 bits per heavy atom. The van der Waals surface area contributed by atoms with Crippen LogP contribution in [0, 0.1) is 0 Å². The number of pyridine rings is 1. The maximum Gasteiger partial charge on any atom is 0.213 e. The van der Waals surface area contributed by atoms with E-state index in [1.54, 1.807) is 0 Å². The molecule has 0 saturated carbocycles. The van der Waals surface area contributed by atoms with Crippen molar-refractivity contribution in [2.45, 2.75) is 45.3 Å². The number of aromatic nitrogens is 1. The lowest BCUT2D eigenvalue weighted by molar-refractivity contribution is -0.0553. The first-order valence-corrected chi connectivity index (χ1v) is 6.58. The molecule has 1 aromatic heterocycles. The van der Waals surface area contributed by atoms with Crippen molar-refractivity contribution in [3.63, 3.8) is 0 Å². The van der Waals surface area contributed by atoms with Crippen molar-refractivity contribution in [2.24, 2.45) is 0 Å². The highest BCUT2D eigenvalue weighted by atomic mass is 16.5. The second-order valence-corrected chi connectivity index (χ2v) is 5.26. The van der Waals surface area contributed by atoms with Crippen LogP contribution in [0.15, 0.2) is 18.3 Å². The lowest BCUT2D eigenvalue weighted by Gasteiger charge is -2.36. The molecule has 1 aliphatic rings. The molecule has 4 heteroatoms. The summed E-state index contributed by atoms with van der Waals surface area (Å²) < 4.78 is 11.0. The number of anilines is 1. The highest BCUT2D eigenvalue weighted by molar-refractivity contribution is 5.43. The first kappa shape index (κ1) is 13.1. The summed E-state index contributed by atoms with van der Waals surface area (Å²) in [5, 5.41) is 3.51. The van der Waals surface area contributed by atoms with Crippen LogP contribution in [0.25, 0.3) is 0 Å². The zero-order valence-corrected chi connectivity index (χ0v) is 11.4. The monoisotopic (exact) mass is 250 g/mol. The van der Waals surface area contributed by atoms with E-state index in [9.17, 15) is 0 Å². The Morgan fingerprint density at radius 3 is 2.94 bits per heavy atom. The molecule has 4 nitrogen and oxygen atoms in total. The first-order chi connectivity index (χ1) is 8.59. The van der Waals surface area contributed by atoms with Gasteiger partial charge in [-0.1, -0.05) is 0 Å². The van der Waals surface area contributed by atoms with Gasteiger partial charge in [0.25, 0.3) is 0 Å². The van der Waals surface area contributed by atoms with E-state index in [1.807, 2.05) is 25.3 Å². The van der Waals surface area contributed by atoms with Crippen molar-refractivity contribution in [2.75, 3.05) is 18.5 Å². The molecule has 1 unspecified atom stereocenters. The second-order valence-electron chi connectivity index (χ2n) is 5.26. The zero-order valence-electron chi connectivity index (χ0n) is 11.4. The van der Waals surface area contributed by atoms with Crippen molar-refractivity contribution >= 4 is 5.69 Å². The van der Waals surface area contributed by atoms with E-state index in [-0.39, 0.29) is 5.60 Å². The van der Waals surface area contributed by atoms with Gasteiger partial charge in [-0.15, -0.1) is 0 Å². The minimum Gasteiger partial charge on any atom is -0.478 e. The van der Waals surface area contributed by atoms with Gasteiger partial charge in [0, 0.05) is 18.7 Å². The Labute approximate surface area is 109 Å². The van der Waals surface area contributed by atoms with E-state index in [0.717, 1.165) is 25.1 Å². The summed E-state index contributed by atoms with van der Waals surface area (Å²) in [6.07, 6.45) is 3.88. The lowest BCUT2D eigenvalue weighted by Crippen LogP contribution is -2.40. The predicted molar refractivity (Wildman–Crippen MR) is 72.1 cm³/mol. The average Bonchev–Trinajstić information content (AvgIpc) is 2.31. The zero-order chi connectivity index (χ0) is 13.0. The molecule has 1 fully saturated rings. The summed E-state index contributed by atoms with van der Waals surface area (Å²) in [4.78, 5) is 4.25. The number of hydrogen-bond donors (Lipinski definition) is 1. The largest absolute Gasteiger partial charge is 0.478 e. The molecule has 1 N–H and O–H groups in total. The van der Waals surface area contributed by atoms with Gasteiger partial charge in [0.1, 0.15) is 0 Å². The van der Waals surface area contributed by atoms with Gasteiger partial charge in [-0.25, -0.2) is 4.98 Å². The minimum atomic E-state index is -0.0331. The normalized spacial score (nSPS) is 22.5. The van der Waals surface area contributed by atoms with Crippen LogP contribution in [0.1, 0.15) is 33.6 Å². The molecule has 18 heavy (non-hydrogen) atoms. The average molecular weight is 250 g/mol. The Bertz CT molecular complexity index is 376. The number of ether oxygens (including phenoxy) is 2. The van der Waals surface area contributed by atoms with Crippen LogP contribution in [0.2, 0.25) is 0 Å². The van der Waals surface area contributed by atoms with Gasteiger partial charge in [0.05, 0.1) is 24.1 Å². The molecule has 2 rings (SSSR count). The predicted octanol–water partition coefficient (Wildman–Crippen LogP) is 2.85. The van der Waals surface area contributed by atoms with Gasteiger partial charge >= 0.3 is 0 Å². The maximum absolute atomic E-state index is 5.71. The van der Waals surface area contributed by atoms with Crippen molar-refractivity contribution in [1.29, 1.82) is 0 Å². The van der Waals surface area contributed by atoms with Crippen LogP contribution in [0.5, 0.6) is 5.88 Å². The second kappa shape index (κ2) is 5.57. The van der Waals surface area contributed by atoms with Crippen molar-refractivity contribution in [1.82, 2.24) is 4.98 Å². The molecule has 0 radical (unpaired) electrons. The first-order valence-electron chi connectivity index (χ1n) is 6.58. The SMILES string of the molecule is CCOc1ccc(NC2CCOC(C)(C)C2)cn1. The number of rotatable bonds is 4. The summed E-state index contributed by atoms with van der Waals surface area (Å²) in [7, 11) is 0. The summed E-state index contributed by atoms with van der Waals surface area (Å²) in [5.74, 6) is 0.676. The van der Waals surface area contributed by atoms with Crippen LogP contribution in [-0.2, 0) is 4.74 Å². The van der Waals surface area contributed by atoms with Crippen LogP contribution in [0.3, 0.4) is 0 Å². The quantitative estimate of drug-likeness (QED) is 0.892. The van der Waals surface area contributed by atoms with Crippen molar-refractivity contribution < 1.29 is 9.47 Å². The number of nitrogens with zero attached hydrogens (tertiary/aromatic N) is 1. The third-order valence-corrected chi connectivity index (χ3v) is 3.10. The summed E-state index contributed by atoms with van der Waals surface area (Å²) in [6, 6.07) is 4.37. The Kier molecular flexibility index (Phi) is 4.07. The van der Waals surface area contributed by atoms with E-state index in [0.29, 0.717) is 18.5 Å². The van der Waals surface area contributed by atoms with Gasteiger partial charge in [0.2, 0.25) is 5.88 Å². The van der Waals surface area contributed by atoms with Gasteiger partial charge in [-0.2, -0.15) is 0 Å². The minimum absolute atomic E-state index is 0.0331. The van der Waals surface area contributed by atoms with E-state index >= 15 is 0 Å². The molecule has 1 aliphatic heterocycles. The highest BCUT2D eigenvalue weighted by Gasteiger charge is 2.28. The molecule has 0 aliphatic carbocycles. The molecule has 0 spiro atoms.